The van der Waals surface area contributed by atoms with Gasteiger partial charge in [-0.2, -0.15) is 0 Å². The molecule has 4 nitrogen and oxygen atoms in total. The molecule has 0 heterocycles. The van der Waals surface area contributed by atoms with E-state index in [4.69, 9.17) is 23.2 Å². The third-order valence-electron chi connectivity index (χ3n) is 4.12. The predicted molar refractivity (Wildman–Crippen MR) is 96.4 cm³/mol. The first-order valence-corrected chi connectivity index (χ1v) is 8.77. The lowest BCUT2D eigenvalue weighted by Gasteiger charge is -2.29. The molecule has 1 aromatic carbocycles. The van der Waals surface area contributed by atoms with E-state index in [1.807, 2.05) is 12.1 Å². The number of carbonyl (C=O) groups is 1. The zero-order valence-electron chi connectivity index (χ0n) is 13.8. The largest absolute Gasteiger partial charge is 0.480 e. The van der Waals surface area contributed by atoms with E-state index in [2.05, 4.69) is 17.6 Å². The van der Waals surface area contributed by atoms with E-state index >= 15 is 0 Å². The number of benzene rings is 1. The number of carboxylic acid groups (broad SMARTS) is 1. The fourth-order valence-electron chi connectivity index (χ4n) is 2.57. The fraction of sp³-hybridized carbons (Fsp3) is 0.588. The van der Waals surface area contributed by atoms with Crippen molar-refractivity contribution in [2.75, 3.05) is 13.6 Å². The van der Waals surface area contributed by atoms with Crippen LogP contribution in [-0.4, -0.2) is 30.2 Å². The monoisotopic (exact) mass is 360 g/mol. The topological polar surface area (TPSA) is 61.4 Å². The normalized spacial score (nSPS) is 13.7. The summed E-state index contributed by atoms with van der Waals surface area (Å²) in [5.74, 6) is -0.766. The Labute approximate surface area is 148 Å². The maximum absolute atomic E-state index is 11.6. The number of nitrogens with one attached hydrogen (secondary N) is 2. The van der Waals surface area contributed by atoms with Crippen LogP contribution in [0.2, 0.25) is 10.0 Å². The average Bonchev–Trinajstić information content (AvgIpc) is 2.53. The molecule has 23 heavy (non-hydrogen) atoms. The number of hydrogen-bond acceptors (Lipinski definition) is 3. The van der Waals surface area contributed by atoms with Crippen molar-refractivity contribution in [1.29, 1.82) is 0 Å². The van der Waals surface area contributed by atoms with E-state index in [0.29, 0.717) is 29.4 Å². The van der Waals surface area contributed by atoms with Gasteiger partial charge in [0.15, 0.2) is 0 Å². The zero-order valence-corrected chi connectivity index (χ0v) is 15.3. The highest BCUT2D eigenvalue weighted by Gasteiger charge is 2.35. The Bertz CT molecular complexity index is 511. The summed E-state index contributed by atoms with van der Waals surface area (Å²) >= 11 is 11.9. The van der Waals surface area contributed by atoms with Crippen molar-refractivity contribution >= 4 is 29.2 Å². The number of aliphatic carboxylic acids is 1. The first-order valence-electron chi connectivity index (χ1n) is 8.02. The highest BCUT2D eigenvalue weighted by molar-refractivity contribution is 6.42. The van der Waals surface area contributed by atoms with Crippen molar-refractivity contribution in [3.05, 3.63) is 33.8 Å². The van der Waals surface area contributed by atoms with E-state index in [0.717, 1.165) is 31.4 Å². The average molecular weight is 361 g/mol. The summed E-state index contributed by atoms with van der Waals surface area (Å²) in [5.41, 5.74) is 0.241. The smallest absolute Gasteiger partial charge is 0.323 e. The van der Waals surface area contributed by atoms with E-state index in [9.17, 15) is 9.90 Å². The lowest BCUT2D eigenvalue weighted by molar-refractivity contribution is -0.145. The molecule has 0 aromatic heterocycles. The molecule has 0 fully saturated rings. The van der Waals surface area contributed by atoms with E-state index in [-0.39, 0.29) is 0 Å². The zero-order chi connectivity index (χ0) is 17.3. The highest BCUT2D eigenvalue weighted by atomic mass is 35.5. The van der Waals surface area contributed by atoms with E-state index in [1.165, 1.54) is 0 Å². The van der Waals surface area contributed by atoms with Gasteiger partial charge in [0.2, 0.25) is 0 Å². The van der Waals surface area contributed by atoms with Gasteiger partial charge in [-0.1, -0.05) is 49.0 Å². The number of rotatable bonds is 11. The molecule has 0 aliphatic heterocycles. The molecular formula is C17H26Cl2N2O2. The van der Waals surface area contributed by atoms with Gasteiger partial charge >= 0.3 is 5.97 Å². The SMILES string of the molecule is CCCCC(CCCNCc1ccc(Cl)c(Cl)c1)(NC)C(=O)O. The molecular weight excluding hydrogens is 335 g/mol. The number of halogens is 2. The Kier molecular flexibility index (Phi) is 8.92. The third-order valence-corrected chi connectivity index (χ3v) is 4.85. The molecule has 0 spiro atoms. The summed E-state index contributed by atoms with van der Waals surface area (Å²) < 4.78 is 0. The van der Waals surface area contributed by atoms with Crippen LogP contribution in [0.15, 0.2) is 18.2 Å². The molecule has 3 N–H and O–H groups in total. The van der Waals surface area contributed by atoms with Crippen molar-refractivity contribution < 1.29 is 9.90 Å². The van der Waals surface area contributed by atoms with Crippen LogP contribution < -0.4 is 10.6 Å². The molecule has 1 atom stereocenters. The van der Waals surface area contributed by atoms with Crippen LogP contribution in [0.5, 0.6) is 0 Å². The molecule has 0 saturated carbocycles. The minimum absolute atomic E-state index is 0.547. The summed E-state index contributed by atoms with van der Waals surface area (Å²) in [6, 6.07) is 5.55. The Balaban J connectivity index is 2.41. The standard InChI is InChI=1S/C17H26Cl2N2O2/c1-3-4-8-17(20-2,16(22)23)9-5-10-21-12-13-6-7-14(18)15(19)11-13/h6-7,11,20-21H,3-5,8-10,12H2,1-2H3,(H,22,23). The van der Waals surface area contributed by atoms with Gasteiger partial charge in [-0.25, -0.2) is 0 Å². The van der Waals surface area contributed by atoms with Crippen LogP contribution in [0.4, 0.5) is 0 Å². The van der Waals surface area contributed by atoms with E-state index in [1.54, 1.807) is 13.1 Å². The maximum Gasteiger partial charge on any atom is 0.323 e. The molecule has 0 saturated heterocycles. The number of unbranched alkanes of at least 4 members (excludes halogenated alkanes) is 1. The first kappa shape index (κ1) is 20.2. The van der Waals surface area contributed by atoms with Crippen molar-refractivity contribution in [1.82, 2.24) is 10.6 Å². The molecule has 1 unspecified atom stereocenters. The summed E-state index contributed by atoms with van der Waals surface area (Å²) in [6.07, 6.45) is 3.95. The summed E-state index contributed by atoms with van der Waals surface area (Å²) in [7, 11) is 1.73. The van der Waals surface area contributed by atoms with Gasteiger partial charge in [-0.3, -0.25) is 4.79 Å². The number of carboxylic acids is 1. The summed E-state index contributed by atoms with van der Waals surface area (Å²) in [5, 5.41) is 17.0. The summed E-state index contributed by atoms with van der Waals surface area (Å²) in [4.78, 5) is 11.6. The van der Waals surface area contributed by atoms with Crippen LogP contribution >= 0.6 is 23.2 Å². The minimum atomic E-state index is -0.818. The number of likely N-dealkylation sites (N-methyl/N-ethyl adjacent to an activating group) is 1. The molecule has 0 aliphatic carbocycles. The molecule has 6 heteroatoms. The molecule has 0 bridgehead atoms. The third kappa shape index (κ3) is 6.30. The minimum Gasteiger partial charge on any atom is -0.480 e. The fourth-order valence-corrected chi connectivity index (χ4v) is 2.89. The van der Waals surface area contributed by atoms with Crippen LogP contribution in [0.25, 0.3) is 0 Å². The van der Waals surface area contributed by atoms with Crippen LogP contribution in [0, 0.1) is 0 Å². The van der Waals surface area contributed by atoms with Gasteiger partial charge in [-0.05, 0) is 50.6 Å². The quantitative estimate of drug-likeness (QED) is 0.520. The molecule has 0 amide bonds. The highest BCUT2D eigenvalue weighted by Crippen LogP contribution is 2.23. The van der Waals surface area contributed by atoms with Gasteiger partial charge in [-0.15, -0.1) is 0 Å². The Morgan fingerprint density at radius 1 is 1.22 bits per heavy atom. The van der Waals surface area contributed by atoms with Crippen LogP contribution in [0.3, 0.4) is 0 Å². The summed E-state index contributed by atoms with van der Waals surface area (Å²) in [6.45, 7) is 3.51. The lowest BCUT2D eigenvalue weighted by atomic mass is 9.88. The van der Waals surface area contributed by atoms with Crippen LogP contribution in [-0.2, 0) is 11.3 Å². The second-order valence-electron chi connectivity index (χ2n) is 5.77. The molecule has 0 radical (unpaired) electrons. The second kappa shape index (κ2) is 10.1. The predicted octanol–water partition coefficient (Wildman–Crippen LogP) is 4.10. The maximum atomic E-state index is 11.6. The first-order chi connectivity index (χ1) is 10.9. The van der Waals surface area contributed by atoms with E-state index < -0.39 is 11.5 Å². The number of hydrogen-bond donors (Lipinski definition) is 3. The lowest BCUT2D eigenvalue weighted by Crippen LogP contribution is -2.50. The van der Waals surface area contributed by atoms with Gasteiger partial charge in [0.05, 0.1) is 10.0 Å². The Morgan fingerprint density at radius 3 is 2.48 bits per heavy atom. The van der Waals surface area contributed by atoms with Gasteiger partial charge in [0, 0.05) is 6.54 Å². The van der Waals surface area contributed by atoms with Gasteiger partial charge in [0.25, 0.3) is 0 Å². The van der Waals surface area contributed by atoms with Gasteiger partial charge < -0.3 is 15.7 Å². The van der Waals surface area contributed by atoms with Gasteiger partial charge in [0.1, 0.15) is 5.54 Å². The Hall–Kier alpha value is -0.810. The molecule has 1 aromatic rings. The van der Waals surface area contributed by atoms with Crippen molar-refractivity contribution in [3.63, 3.8) is 0 Å². The van der Waals surface area contributed by atoms with Crippen molar-refractivity contribution in [2.24, 2.45) is 0 Å². The second-order valence-corrected chi connectivity index (χ2v) is 6.58. The van der Waals surface area contributed by atoms with Crippen LogP contribution in [0.1, 0.15) is 44.6 Å². The molecule has 130 valence electrons. The van der Waals surface area contributed by atoms with Crippen molar-refractivity contribution in [3.8, 4) is 0 Å². The van der Waals surface area contributed by atoms with Crippen molar-refractivity contribution in [2.45, 2.75) is 51.1 Å². The molecule has 1 rings (SSSR count). The Morgan fingerprint density at radius 2 is 1.91 bits per heavy atom. The molecule has 0 aliphatic rings.